The molecule has 0 radical (unpaired) electrons. The van der Waals surface area contributed by atoms with E-state index in [-0.39, 0.29) is 16.7 Å². The van der Waals surface area contributed by atoms with Crippen LogP contribution >= 0.6 is 27.5 Å². The van der Waals surface area contributed by atoms with Crippen LogP contribution in [-0.2, 0) is 11.3 Å². The van der Waals surface area contributed by atoms with E-state index in [0.29, 0.717) is 11.6 Å². The maximum absolute atomic E-state index is 11.6. The zero-order chi connectivity index (χ0) is 12.1. The average Bonchev–Trinajstić information content (AvgIpc) is 2.26. The maximum atomic E-state index is 11.6. The highest BCUT2D eigenvalue weighted by Gasteiger charge is 2.17. The Bertz CT molecular complexity index is 351. The van der Waals surface area contributed by atoms with Crippen LogP contribution in [0.4, 0.5) is 0 Å². The van der Waals surface area contributed by atoms with Crippen LogP contribution in [0.3, 0.4) is 0 Å². The van der Waals surface area contributed by atoms with Crippen LogP contribution in [0.2, 0.25) is 5.02 Å². The van der Waals surface area contributed by atoms with Crippen molar-refractivity contribution in [2.24, 2.45) is 5.92 Å². The lowest BCUT2D eigenvalue weighted by molar-refractivity contribution is -0.121. The number of benzene rings is 1. The standard InChI is InChI=1S/C12H15BrClNO/c1-8(2)11(13)12(16)15-7-9-3-5-10(14)6-4-9/h3-6,8,11H,7H2,1-2H3,(H,15,16). The molecule has 1 unspecified atom stereocenters. The first-order valence-electron chi connectivity index (χ1n) is 5.17. The number of nitrogens with one attached hydrogen (secondary N) is 1. The summed E-state index contributed by atoms with van der Waals surface area (Å²) in [6.45, 7) is 4.54. The Labute approximate surface area is 110 Å². The molecule has 0 spiro atoms. The van der Waals surface area contributed by atoms with E-state index in [9.17, 15) is 4.79 Å². The van der Waals surface area contributed by atoms with Gasteiger partial charge in [-0.2, -0.15) is 0 Å². The van der Waals surface area contributed by atoms with Crippen molar-refractivity contribution in [3.8, 4) is 0 Å². The molecular weight excluding hydrogens is 289 g/mol. The minimum Gasteiger partial charge on any atom is -0.351 e. The van der Waals surface area contributed by atoms with Gasteiger partial charge in [-0.05, 0) is 23.6 Å². The Morgan fingerprint density at radius 3 is 2.44 bits per heavy atom. The maximum Gasteiger partial charge on any atom is 0.234 e. The molecule has 0 fully saturated rings. The van der Waals surface area contributed by atoms with Gasteiger partial charge in [0.05, 0.1) is 4.83 Å². The lowest BCUT2D eigenvalue weighted by Gasteiger charge is -2.13. The van der Waals surface area contributed by atoms with E-state index in [1.807, 2.05) is 38.1 Å². The Kier molecular flexibility index (Phi) is 5.29. The van der Waals surface area contributed by atoms with Crippen LogP contribution in [0.5, 0.6) is 0 Å². The molecule has 1 rings (SSSR count). The van der Waals surface area contributed by atoms with Crippen molar-refractivity contribution in [1.82, 2.24) is 5.32 Å². The number of hydrogen-bond donors (Lipinski definition) is 1. The quantitative estimate of drug-likeness (QED) is 0.849. The fourth-order valence-electron chi connectivity index (χ4n) is 1.19. The normalized spacial score (nSPS) is 12.6. The first kappa shape index (κ1) is 13.5. The zero-order valence-corrected chi connectivity index (χ0v) is 11.7. The van der Waals surface area contributed by atoms with E-state index >= 15 is 0 Å². The number of alkyl halides is 1. The van der Waals surface area contributed by atoms with Gasteiger partial charge in [-0.25, -0.2) is 0 Å². The molecule has 0 bridgehead atoms. The molecule has 0 heterocycles. The minimum atomic E-state index is -0.139. The Hall–Kier alpha value is -0.540. The van der Waals surface area contributed by atoms with E-state index in [1.165, 1.54) is 0 Å². The summed E-state index contributed by atoms with van der Waals surface area (Å²) in [7, 11) is 0. The van der Waals surface area contributed by atoms with Crippen molar-refractivity contribution in [3.05, 3.63) is 34.9 Å². The third-order valence-corrected chi connectivity index (χ3v) is 3.94. The smallest absolute Gasteiger partial charge is 0.234 e. The van der Waals surface area contributed by atoms with Gasteiger partial charge in [0, 0.05) is 11.6 Å². The highest BCUT2D eigenvalue weighted by Crippen LogP contribution is 2.13. The van der Waals surface area contributed by atoms with E-state index in [4.69, 9.17) is 11.6 Å². The van der Waals surface area contributed by atoms with Gasteiger partial charge in [-0.15, -0.1) is 0 Å². The molecular formula is C12H15BrClNO. The second kappa shape index (κ2) is 6.26. The number of hydrogen-bond acceptors (Lipinski definition) is 1. The molecule has 1 N–H and O–H groups in total. The molecule has 0 saturated heterocycles. The van der Waals surface area contributed by atoms with Crippen molar-refractivity contribution < 1.29 is 4.79 Å². The molecule has 0 aliphatic heterocycles. The van der Waals surface area contributed by atoms with Crippen LogP contribution in [0.25, 0.3) is 0 Å². The highest BCUT2D eigenvalue weighted by molar-refractivity contribution is 9.10. The van der Waals surface area contributed by atoms with E-state index < -0.39 is 0 Å². The van der Waals surface area contributed by atoms with Gasteiger partial charge in [-0.1, -0.05) is 53.5 Å². The first-order chi connectivity index (χ1) is 7.50. The van der Waals surface area contributed by atoms with Crippen LogP contribution in [0.15, 0.2) is 24.3 Å². The summed E-state index contributed by atoms with van der Waals surface area (Å²) in [5.74, 6) is 0.301. The van der Waals surface area contributed by atoms with E-state index in [1.54, 1.807) is 0 Å². The Morgan fingerprint density at radius 2 is 1.94 bits per heavy atom. The summed E-state index contributed by atoms with van der Waals surface area (Å²) >= 11 is 9.13. The minimum absolute atomic E-state index is 0.0185. The average molecular weight is 305 g/mol. The molecule has 1 aromatic carbocycles. The van der Waals surface area contributed by atoms with Gasteiger partial charge in [0.2, 0.25) is 5.91 Å². The number of rotatable bonds is 4. The van der Waals surface area contributed by atoms with E-state index in [2.05, 4.69) is 21.2 Å². The molecule has 1 amide bonds. The molecule has 2 nitrogen and oxygen atoms in total. The molecule has 0 aromatic heterocycles. The largest absolute Gasteiger partial charge is 0.351 e. The van der Waals surface area contributed by atoms with Crippen molar-refractivity contribution in [2.45, 2.75) is 25.2 Å². The Balaban J connectivity index is 2.46. The van der Waals surface area contributed by atoms with Crippen LogP contribution in [0, 0.1) is 5.92 Å². The Morgan fingerprint density at radius 1 is 1.38 bits per heavy atom. The second-order valence-electron chi connectivity index (χ2n) is 3.99. The third kappa shape index (κ3) is 4.14. The van der Waals surface area contributed by atoms with Gasteiger partial charge in [0.15, 0.2) is 0 Å². The summed E-state index contributed by atoms with van der Waals surface area (Å²) in [5, 5.41) is 3.57. The molecule has 16 heavy (non-hydrogen) atoms. The SMILES string of the molecule is CC(C)C(Br)C(=O)NCc1ccc(Cl)cc1. The number of amides is 1. The molecule has 0 aliphatic carbocycles. The highest BCUT2D eigenvalue weighted by atomic mass is 79.9. The number of carbonyl (C=O) groups is 1. The molecule has 1 aromatic rings. The van der Waals surface area contributed by atoms with E-state index in [0.717, 1.165) is 5.56 Å². The van der Waals surface area contributed by atoms with Crippen molar-refractivity contribution in [3.63, 3.8) is 0 Å². The summed E-state index contributed by atoms with van der Waals surface area (Å²) in [6, 6.07) is 7.44. The third-order valence-electron chi connectivity index (χ3n) is 2.22. The molecule has 4 heteroatoms. The van der Waals surface area contributed by atoms with Gasteiger partial charge in [0.25, 0.3) is 0 Å². The van der Waals surface area contributed by atoms with Crippen molar-refractivity contribution in [1.29, 1.82) is 0 Å². The zero-order valence-electron chi connectivity index (χ0n) is 9.34. The second-order valence-corrected chi connectivity index (χ2v) is 5.41. The van der Waals surface area contributed by atoms with Crippen LogP contribution in [0.1, 0.15) is 19.4 Å². The molecule has 0 saturated carbocycles. The lowest BCUT2D eigenvalue weighted by Crippen LogP contribution is -2.33. The fraction of sp³-hybridized carbons (Fsp3) is 0.417. The lowest BCUT2D eigenvalue weighted by atomic mass is 10.1. The summed E-state index contributed by atoms with van der Waals surface area (Å²) in [4.78, 5) is 11.5. The van der Waals surface area contributed by atoms with Gasteiger partial charge >= 0.3 is 0 Å². The van der Waals surface area contributed by atoms with Gasteiger partial charge in [0.1, 0.15) is 0 Å². The summed E-state index contributed by atoms with van der Waals surface area (Å²) in [5.41, 5.74) is 1.04. The van der Waals surface area contributed by atoms with Crippen molar-refractivity contribution in [2.75, 3.05) is 0 Å². The summed E-state index contributed by atoms with van der Waals surface area (Å²) < 4.78 is 0. The topological polar surface area (TPSA) is 29.1 Å². The molecule has 0 aliphatic rings. The van der Waals surface area contributed by atoms with Gasteiger partial charge in [-0.3, -0.25) is 4.79 Å². The predicted octanol–water partition coefficient (Wildman–Crippen LogP) is 3.38. The predicted molar refractivity (Wildman–Crippen MR) is 70.9 cm³/mol. The van der Waals surface area contributed by atoms with Crippen LogP contribution < -0.4 is 5.32 Å². The first-order valence-corrected chi connectivity index (χ1v) is 6.46. The van der Waals surface area contributed by atoms with Gasteiger partial charge < -0.3 is 5.32 Å². The number of halogens is 2. The van der Waals surface area contributed by atoms with Crippen LogP contribution in [-0.4, -0.2) is 10.7 Å². The van der Waals surface area contributed by atoms with Crippen molar-refractivity contribution >= 4 is 33.4 Å². The fourth-order valence-corrected chi connectivity index (χ4v) is 1.48. The molecule has 1 atom stereocenters. The molecule has 88 valence electrons. The monoisotopic (exact) mass is 303 g/mol. The number of carbonyl (C=O) groups excluding carboxylic acids is 1. The summed E-state index contributed by atoms with van der Waals surface area (Å²) in [6.07, 6.45) is 0.